The van der Waals surface area contributed by atoms with E-state index in [9.17, 15) is 13.5 Å². The highest BCUT2D eigenvalue weighted by atomic mass is 35.5. The Morgan fingerprint density at radius 2 is 1.72 bits per heavy atom. The maximum atomic E-state index is 12.5. The number of phenolic OH excluding ortho intramolecular Hbond substituents is 1. The lowest BCUT2D eigenvalue weighted by Crippen LogP contribution is -2.16. The van der Waals surface area contributed by atoms with Gasteiger partial charge in [0.05, 0.1) is 10.6 Å². The maximum absolute atomic E-state index is 12.5. The van der Waals surface area contributed by atoms with Crippen LogP contribution in [-0.4, -0.2) is 36.3 Å². The van der Waals surface area contributed by atoms with E-state index in [1.807, 2.05) is 6.07 Å². The maximum Gasteiger partial charge on any atom is 0.180 e. The standard InChI is InChI=1S/C17H16N2O3S.ClH.H2O/c18-6-8-23(21,22)17-10-13(12-1-3-15(20)4-2-12)9-14-11-19-7-5-16(14)17;;/h1-5,7,9-11,20H,6,8,18H2;1H;1H2. The highest BCUT2D eigenvalue weighted by Gasteiger charge is 2.18. The van der Waals surface area contributed by atoms with Gasteiger partial charge in [0.25, 0.3) is 0 Å². The minimum atomic E-state index is -3.48. The van der Waals surface area contributed by atoms with Crippen LogP contribution in [0.3, 0.4) is 0 Å². The zero-order valence-corrected chi connectivity index (χ0v) is 14.8. The summed E-state index contributed by atoms with van der Waals surface area (Å²) >= 11 is 0. The number of nitrogens with zero attached hydrogens (tertiary/aromatic N) is 1. The lowest BCUT2D eigenvalue weighted by Gasteiger charge is -2.11. The topological polar surface area (TPSA) is 125 Å². The largest absolute Gasteiger partial charge is 0.508 e. The number of hydrogen-bond acceptors (Lipinski definition) is 5. The number of nitrogens with two attached hydrogens (primary N) is 1. The van der Waals surface area contributed by atoms with E-state index in [0.29, 0.717) is 5.39 Å². The average Bonchev–Trinajstić information content (AvgIpc) is 2.54. The Bertz CT molecular complexity index is 960. The summed E-state index contributed by atoms with van der Waals surface area (Å²) in [5.74, 6) is 0.0517. The van der Waals surface area contributed by atoms with Crippen molar-refractivity contribution >= 4 is 33.0 Å². The molecular formula is C17H19ClN2O4S. The number of aromatic hydroxyl groups is 1. The third-order valence-corrected chi connectivity index (χ3v) is 5.42. The van der Waals surface area contributed by atoms with E-state index in [1.165, 1.54) is 0 Å². The number of phenols is 1. The minimum absolute atomic E-state index is 0. The van der Waals surface area contributed by atoms with Gasteiger partial charge in [0.15, 0.2) is 9.84 Å². The number of benzene rings is 2. The van der Waals surface area contributed by atoms with Crippen molar-refractivity contribution in [2.24, 2.45) is 5.73 Å². The molecule has 0 aliphatic heterocycles. The van der Waals surface area contributed by atoms with E-state index in [2.05, 4.69) is 4.98 Å². The van der Waals surface area contributed by atoms with Gasteiger partial charge in [-0.05, 0) is 41.5 Å². The third kappa shape index (κ3) is 4.26. The molecule has 0 atom stereocenters. The molecule has 1 heterocycles. The molecule has 0 fully saturated rings. The highest BCUT2D eigenvalue weighted by molar-refractivity contribution is 7.91. The Kier molecular flexibility index (Phi) is 6.89. The number of fused-ring (bicyclic) bond motifs is 1. The second-order valence-electron chi connectivity index (χ2n) is 5.23. The zero-order chi connectivity index (χ0) is 16.4. The van der Waals surface area contributed by atoms with Crippen LogP contribution in [0.4, 0.5) is 0 Å². The second kappa shape index (κ2) is 8.26. The van der Waals surface area contributed by atoms with Gasteiger partial charge in [-0.3, -0.25) is 4.98 Å². The van der Waals surface area contributed by atoms with Gasteiger partial charge in [-0.2, -0.15) is 0 Å². The van der Waals surface area contributed by atoms with E-state index in [1.54, 1.807) is 48.8 Å². The van der Waals surface area contributed by atoms with Crippen molar-refractivity contribution in [3.05, 3.63) is 54.9 Å². The van der Waals surface area contributed by atoms with Gasteiger partial charge >= 0.3 is 0 Å². The first-order valence-electron chi connectivity index (χ1n) is 7.11. The lowest BCUT2D eigenvalue weighted by atomic mass is 10.0. The first kappa shape index (κ1) is 20.9. The summed E-state index contributed by atoms with van der Waals surface area (Å²) in [6.45, 7) is 0.0678. The molecule has 0 saturated heterocycles. The number of aromatic nitrogens is 1. The Labute approximate surface area is 152 Å². The van der Waals surface area contributed by atoms with Gasteiger partial charge in [-0.1, -0.05) is 12.1 Å². The van der Waals surface area contributed by atoms with Crippen LogP contribution in [0.25, 0.3) is 21.9 Å². The minimum Gasteiger partial charge on any atom is -0.508 e. The second-order valence-corrected chi connectivity index (χ2v) is 7.30. The summed E-state index contributed by atoms with van der Waals surface area (Å²) in [7, 11) is -3.48. The molecule has 0 aliphatic carbocycles. The van der Waals surface area contributed by atoms with Crippen molar-refractivity contribution in [1.82, 2.24) is 4.98 Å². The van der Waals surface area contributed by atoms with Crippen molar-refractivity contribution in [3.63, 3.8) is 0 Å². The van der Waals surface area contributed by atoms with Crippen LogP contribution in [-0.2, 0) is 9.84 Å². The molecule has 5 N–H and O–H groups in total. The van der Waals surface area contributed by atoms with Crippen LogP contribution < -0.4 is 5.73 Å². The molecule has 8 heteroatoms. The summed E-state index contributed by atoms with van der Waals surface area (Å²) in [5.41, 5.74) is 7.01. The van der Waals surface area contributed by atoms with Gasteiger partial charge in [-0.15, -0.1) is 12.4 Å². The molecule has 25 heavy (non-hydrogen) atoms. The first-order valence-corrected chi connectivity index (χ1v) is 8.76. The molecule has 0 bridgehead atoms. The van der Waals surface area contributed by atoms with Gasteiger partial charge in [0.1, 0.15) is 5.75 Å². The fourth-order valence-corrected chi connectivity index (χ4v) is 3.87. The van der Waals surface area contributed by atoms with Crippen molar-refractivity contribution in [2.75, 3.05) is 12.3 Å². The molecule has 0 amide bonds. The SMILES string of the molecule is Cl.NCCS(=O)(=O)c1cc(-c2ccc(O)cc2)cc2cnccc12.O. The molecule has 0 radical (unpaired) electrons. The summed E-state index contributed by atoms with van der Waals surface area (Å²) in [4.78, 5) is 4.33. The average molecular weight is 383 g/mol. The number of hydrogen-bond donors (Lipinski definition) is 2. The molecule has 6 nitrogen and oxygen atoms in total. The van der Waals surface area contributed by atoms with Crippen molar-refractivity contribution in [1.29, 1.82) is 0 Å². The lowest BCUT2D eigenvalue weighted by molar-refractivity contribution is 0.475. The van der Waals surface area contributed by atoms with Crippen LogP contribution in [0, 0.1) is 0 Å². The molecule has 134 valence electrons. The first-order chi connectivity index (χ1) is 11.0. The number of halogens is 1. The smallest absolute Gasteiger partial charge is 0.180 e. The van der Waals surface area contributed by atoms with E-state index >= 15 is 0 Å². The quantitative estimate of drug-likeness (QED) is 0.713. The Balaban J connectivity index is 0.00000156. The molecule has 0 saturated carbocycles. The number of pyridine rings is 1. The molecule has 0 aliphatic rings. The van der Waals surface area contributed by atoms with E-state index < -0.39 is 9.84 Å². The summed E-state index contributed by atoms with van der Waals surface area (Å²) in [6.07, 6.45) is 3.21. The Morgan fingerprint density at radius 3 is 2.36 bits per heavy atom. The summed E-state index contributed by atoms with van der Waals surface area (Å²) < 4.78 is 25.1. The van der Waals surface area contributed by atoms with E-state index in [4.69, 9.17) is 5.73 Å². The zero-order valence-electron chi connectivity index (χ0n) is 13.2. The molecule has 3 aromatic rings. The van der Waals surface area contributed by atoms with Crippen molar-refractivity contribution < 1.29 is 19.0 Å². The van der Waals surface area contributed by atoms with Crippen LogP contribution in [0.1, 0.15) is 0 Å². The highest BCUT2D eigenvalue weighted by Crippen LogP contribution is 2.31. The van der Waals surface area contributed by atoms with E-state index in [-0.39, 0.29) is 40.8 Å². The van der Waals surface area contributed by atoms with Gasteiger partial charge in [0.2, 0.25) is 0 Å². The van der Waals surface area contributed by atoms with Crippen LogP contribution in [0.2, 0.25) is 0 Å². The summed E-state index contributed by atoms with van der Waals surface area (Å²) in [6, 6.07) is 11.8. The molecular weight excluding hydrogens is 364 g/mol. The van der Waals surface area contributed by atoms with E-state index in [0.717, 1.165) is 16.5 Å². The van der Waals surface area contributed by atoms with Crippen LogP contribution in [0.5, 0.6) is 5.75 Å². The van der Waals surface area contributed by atoms with Crippen molar-refractivity contribution in [3.8, 4) is 16.9 Å². The van der Waals surface area contributed by atoms with Crippen molar-refractivity contribution in [2.45, 2.75) is 4.90 Å². The Hall–Kier alpha value is -2.19. The van der Waals surface area contributed by atoms with Gasteiger partial charge in [0, 0.05) is 29.7 Å². The fourth-order valence-electron chi connectivity index (χ4n) is 2.52. The molecule has 2 aromatic carbocycles. The third-order valence-electron chi connectivity index (χ3n) is 3.64. The summed E-state index contributed by atoms with van der Waals surface area (Å²) in [5, 5.41) is 10.8. The normalized spacial score (nSPS) is 10.8. The molecule has 3 rings (SSSR count). The molecule has 0 spiro atoms. The van der Waals surface area contributed by atoms with Crippen LogP contribution >= 0.6 is 12.4 Å². The Morgan fingerprint density at radius 1 is 1.04 bits per heavy atom. The molecule has 0 unspecified atom stereocenters. The predicted octanol–water partition coefficient (Wildman–Crippen LogP) is 1.94. The fraction of sp³-hybridized carbons (Fsp3) is 0.118. The monoisotopic (exact) mass is 382 g/mol. The number of sulfone groups is 1. The predicted molar refractivity (Wildman–Crippen MR) is 101 cm³/mol. The van der Waals surface area contributed by atoms with Crippen LogP contribution in [0.15, 0.2) is 59.8 Å². The van der Waals surface area contributed by atoms with Gasteiger partial charge in [-0.25, -0.2) is 8.42 Å². The van der Waals surface area contributed by atoms with Gasteiger partial charge < -0.3 is 16.3 Å². The number of rotatable bonds is 4. The molecule has 1 aromatic heterocycles.